The second kappa shape index (κ2) is 8.93. The van der Waals surface area contributed by atoms with Crippen LogP contribution in [0.15, 0.2) is 51.4 Å². The van der Waals surface area contributed by atoms with Crippen LogP contribution in [0.3, 0.4) is 0 Å². The summed E-state index contributed by atoms with van der Waals surface area (Å²) in [6.45, 7) is 1.33. The van der Waals surface area contributed by atoms with E-state index >= 15 is 0 Å². The maximum absolute atomic E-state index is 11.2. The van der Waals surface area contributed by atoms with Crippen LogP contribution in [-0.4, -0.2) is 24.2 Å². The Hall–Kier alpha value is -1.53. The Balaban J connectivity index is 1.71. The van der Waals surface area contributed by atoms with Crippen LogP contribution in [0.4, 0.5) is 5.69 Å². The number of ether oxygens (including phenoxy) is 1. The molecule has 0 spiro atoms. The van der Waals surface area contributed by atoms with Gasteiger partial charge in [-0.1, -0.05) is 31.9 Å². The van der Waals surface area contributed by atoms with Crippen LogP contribution in [0.25, 0.3) is 0 Å². The van der Waals surface area contributed by atoms with Gasteiger partial charge in [0.2, 0.25) is 0 Å². The highest BCUT2D eigenvalue weighted by atomic mass is 79.9. The summed E-state index contributed by atoms with van der Waals surface area (Å²) < 4.78 is 7.42. The van der Waals surface area contributed by atoms with E-state index in [1.54, 1.807) is 12.1 Å². The van der Waals surface area contributed by atoms with E-state index in [0.717, 1.165) is 27.5 Å². The Bertz CT molecular complexity index is 659. The summed E-state index contributed by atoms with van der Waals surface area (Å²) in [4.78, 5) is 11.2. The largest absolute Gasteiger partial charge is 0.494 e. The van der Waals surface area contributed by atoms with Crippen LogP contribution >= 0.6 is 31.9 Å². The van der Waals surface area contributed by atoms with Gasteiger partial charge in [-0.25, -0.2) is 4.79 Å². The number of aromatic carboxylic acids is 1. The number of carboxylic acid groups (broad SMARTS) is 1. The molecule has 0 aliphatic carbocycles. The highest BCUT2D eigenvalue weighted by molar-refractivity contribution is 9.10. The van der Waals surface area contributed by atoms with Gasteiger partial charge < -0.3 is 15.2 Å². The minimum Gasteiger partial charge on any atom is -0.494 e. The molecule has 122 valence electrons. The van der Waals surface area contributed by atoms with E-state index in [9.17, 15) is 9.90 Å². The van der Waals surface area contributed by atoms with Gasteiger partial charge in [0.1, 0.15) is 5.75 Å². The molecule has 0 aromatic heterocycles. The lowest BCUT2D eigenvalue weighted by atomic mass is 10.1. The Kier molecular flexibility index (Phi) is 6.92. The van der Waals surface area contributed by atoms with E-state index in [1.807, 2.05) is 30.3 Å². The van der Waals surface area contributed by atoms with Gasteiger partial charge in [0, 0.05) is 21.2 Å². The molecule has 4 nitrogen and oxygen atoms in total. The van der Waals surface area contributed by atoms with Crippen molar-refractivity contribution in [1.82, 2.24) is 0 Å². The van der Waals surface area contributed by atoms with Gasteiger partial charge in [-0.2, -0.15) is 0 Å². The molecule has 2 rings (SSSR count). The molecular formula is C17H17Br2NO3. The molecule has 2 N–H and O–H groups in total. The summed E-state index contributed by atoms with van der Waals surface area (Å²) in [5.74, 6) is -0.0883. The molecule has 0 amide bonds. The molecule has 0 heterocycles. The molecular weight excluding hydrogens is 426 g/mol. The molecule has 23 heavy (non-hydrogen) atoms. The number of anilines is 1. The van der Waals surface area contributed by atoms with Crippen molar-refractivity contribution in [3.63, 3.8) is 0 Å². The predicted molar refractivity (Wildman–Crippen MR) is 98.5 cm³/mol. The highest BCUT2D eigenvalue weighted by Gasteiger charge is 2.09. The summed E-state index contributed by atoms with van der Waals surface area (Å²) in [6, 6.07) is 12.9. The summed E-state index contributed by atoms with van der Waals surface area (Å²) in [6.07, 6.45) is 1.79. The maximum atomic E-state index is 11.2. The minimum atomic E-state index is -0.938. The minimum absolute atomic E-state index is 0.269. The number of benzene rings is 2. The average Bonchev–Trinajstić information content (AvgIpc) is 2.53. The van der Waals surface area contributed by atoms with Crippen LogP contribution < -0.4 is 10.1 Å². The lowest BCUT2D eigenvalue weighted by Crippen LogP contribution is -2.09. The lowest BCUT2D eigenvalue weighted by Gasteiger charge is -2.10. The number of nitrogens with one attached hydrogen (secondary N) is 1. The molecule has 0 radical (unpaired) electrons. The Labute approximate surface area is 152 Å². The van der Waals surface area contributed by atoms with E-state index in [0.29, 0.717) is 18.8 Å². The van der Waals surface area contributed by atoms with E-state index in [1.165, 1.54) is 0 Å². The molecule has 2 aromatic rings. The van der Waals surface area contributed by atoms with E-state index in [2.05, 4.69) is 37.2 Å². The number of rotatable bonds is 8. The van der Waals surface area contributed by atoms with Crippen molar-refractivity contribution in [3.8, 4) is 5.75 Å². The molecule has 0 aliphatic rings. The molecule has 0 aliphatic heterocycles. The van der Waals surface area contributed by atoms with Crippen molar-refractivity contribution >= 4 is 43.5 Å². The van der Waals surface area contributed by atoms with Gasteiger partial charge in [-0.05, 0) is 55.3 Å². The number of hydrogen-bond acceptors (Lipinski definition) is 3. The van der Waals surface area contributed by atoms with Crippen LogP contribution in [0, 0.1) is 0 Å². The van der Waals surface area contributed by atoms with Crippen LogP contribution in [0.1, 0.15) is 23.2 Å². The van der Waals surface area contributed by atoms with Gasteiger partial charge in [0.15, 0.2) is 0 Å². The van der Waals surface area contributed by atoms with Gasteiger partial charge in [0.25, 0.3) is 0 Å². The summed E-state index contributed by atoms with van der Waals surface area (Å²) in [7, 11) is 0. The molecule has 6 heteroatoms. The molecule has 0 atom stereocenters. The molecule has 2 aromatic carbocycles. The summed E-state index contributed by atoms with van der Waals surface area (Å²) in [5, 5.41) is 12.4. The standard InChI is InChI=1S/C17H17Br2NO3/c18-12-3-6-14(7-4-12)23-10-2-1-9-20-16-8-5-13(19)11-15(16)17(21)22/h3-8,11,20H,1-2,9-10H2,(H,21,22). The van der Waals surface area contributed by atoms with Crippen LogP contribution in [-0.2, 0) is 0 Å². The number of carbonyl (C=O) groups is 1. The third kappa shape index (κ3) is 5.88. The zero-order chi connectivity index (χ0) is 16.7. The molecule has 0 unspecified atom stereocenters. The first-order chi connectivity index (χ1) is 11.1. The maximum Gasteiger partial charge on any atom is 0.337 e. The third-order valence-electron chi connectivity index (χ3n) is 3.18. The number of unbranched alkanes of at least 4 members (excludes halogenated alkanes) is 1. The average molecular weight is 443 g/mol. The number of halogens is 2. The fourth-order valence-corrected chi connectivity index (χ4v) is 2.64. The number of carboxylic acids is 1. The SMILES string of the molecule is O=C(O)c1cc(Br)ccc1NCCCCOc1ccc(Br)cc1. The van der Waals surface area contributed by atoms with Crippen molar-refractivity contribution in [2.24, 2.45) is 0 Å². The second-order valence-corrected chi connectivity index (χ2v) is 6.76. The second-order valence-electron chi connectivity index (χ2n) is 4.93. The van der Waals surface area contributed by atoms with Crippen molar-refractivity contribution in [3.05, 3.63) is 57.0 Å². The first kappa shape index (κ1) is 17.8. The quantitative estimate of drug-likeness (QED) is 0.553. The van der Waals surface area contributed by atoms with Crippen molar-refractivity contribution < 1.29 is 14.6 Å². The van der Waals surface area contributed by atoms with Gasteiger partial charge in [-0.15, -0.1) is 0 Å². The van der Waals surface area contributed by atoms with Gasteiger partial charge in [0.05, 0.1) is 12.2 Å². The Morgan fingerprint density at radius 3 is 2.43 bits per heavy atom. The van der Waals surface area contributed by atoms with E-state index in [4.69, 9.17) is 4.74 Å². The lowest BCUT2D eigenvalue weighted by molar-refractivity contribution is 0.0698. The van der Waals surface area contributed by atoms with E-state index in [-0.39, 0.29) is 5.56 Å². The molecule has 0 saturated carbocycles. The van der Waals surface area contributed by atoms with Crippen molar-refractivity contribution in [1.29, 1.82) is 0 Å². The Morgan fingerprint density at radius 2 is 1.74 bits per heavy atom. The fraction of sp³-hybridized carbons (Fsp3) is 0.235. The molecule has 0 bridgehead atoms. The number of hydrogen-bond donors (Lipinski definition) is 2. The summed E-state index contributed by atoms with van der Waals surface area (Å²) in [5.41, 5.74) is 0.903. The van der Waals surface area contributed by atoms with Gasteiger partial charge >= 0.3 is 5.97 Å². The fourth-order valence-electron chi connectivity index (χ4n) is 2.02. The normalized spacial score (nSPS) is 10.3. The zero-order valence-electron chi connectivity index (χ0n) is 12.4. The highest BCUT2D eigenvalue weighted by Crippen LogP contribution is 2.21. The zero-order valence-corrected chi connectivity index (χ0v) is 15.6. The summed E-state index contributed by atoms with van der Waals surface area (Å²) >= 11 is 6.66. The predicted octanol–water partition coefficient (Wildman–Crippen LogP) is 5.18. The van der Waals surface area contributed by atoms with Crippen LogP contribution in [0.5, 0.6) is 5.75 Å². The monoisotopic (exact) mass is 441 g/mol. The van der Waals surface area contributed by atoms with E-state index < -0.39 is 5.97 Å². The first-order valence-electron chi connectivity index (χ1n) is 7.21. The molecule has 0 fully saturated rings. The Morgan fingerprint density at radius 1 is 1.04 bits per heavy atom. The van der Waals surface area contributed by atoms with Crippen molar-refractivity contribution in [2.45, 2.75) is 12.8 Å². The first-order valence-corrected chi connectivity index (χ1v) is 8.80. The van der Waals surface area contributed by atoms with Crippen molar-refractivity contribution in [2.75, 3.05) is 18.5 Å². The van der Waals surface area contributed by atoms with Gasteiger partial charge in [-0.3, -0.25) is 0 Å². The van der Waals surface area contributed by atoms with Crippen LogP contribution in [0.2, 0.25) is 0 Å². The third-order valence-corrected chi connectivity index (χ3v) is 4.20. The smallest absolute Gasteiger partial charge is 0.337 e. The molecule has 0 saturated heterocycles. The topological polar surface area (TPSA) is 58.6 Å².